The Kier molecular flexibility index (Phi) is 11.7. The van der Waals surface area contributed by atoms with Crippen molar-refractivity contribution in [3.63, 3.8) is 0 Å². The summed E-state index contributed by atoms with van der Waals surface area (Å²) in [5.74, 6) is 0.870. The van der Waals surface area contributed by atoms with Crippen molar-refractivity contribution in [2.75, 3.05) is 25.4 Å². The minimum atomic E-state index is -1.09. The molecule has 0 radical (unpaired) electrons. The maximum absolute atomic E-state index is 13.0. The van der Waals surface area contributed by atoms with E-state index < -0.39 is 17.0 Å². The van der Waals surface area contributed by atoms with E-state index in [1.54, 1.807) is 6.92 Å². The lowest BCUT2D eigenvalue weighted by Gasteiger charge is -2.57. The van der Waals surface area contributed by atoms with Gasteiger partial charge in [-0.1, -0.05) is 43.1 Å². The van der Waals surface area contributed by atoms with E-state index in [4.69, 9.17) is 21.2 Å². The number of carbonyl (C=O) groups is 5. The summed E-state index contributed by atoms with van der Waals surface area (Å²) in [4.78, 5) is 66.8. The van der Waals surface area contributed by atoms with Gasteiger partial charge in [-0.15, -0.1) is 0 Å². The van der Waals surface area contributed by atoms with Gasteiger partial charge in [-0.25, -0.2) is 4.79 Å². The van der Waals surface area contributed by atoms with E-state index in [9.17, 15) is 24.0 Å². The van der Waals surface area contributed by atoms with Crippen molar-refractivity contribution >= 4 is 58.7 Å². The highest BCUT2D eigenvalue weighted by atomic mass is 35.5. The fourth-order valence-corrected chi connectivity index (χ4v) is 12.3. The summed E-state index contributed by atoms with van der Waals surface area (Å²) < 4.78 is 5.88. The van der Waals surface area contributed by atoms with Gasteiger partial charge in [0.1, 0.15) is 0 Å². The highest BCUT2D eigenvalue weighted by Gasteiger charge is 2.67. The van der Waals surface area contributed by atoms with Gasteiger partial charge in [0, 0.05) is 47.9 Å². The number of ether oxygens (including phenoxy) is 1. The molecule has 6 aliphatic rings. The number of allylic oxidation sites excluding steroid dienone is 4. The second-order valence-corrected chi connectivity index (χ2v) is 17.7. The Bertz CT molecular complexity index is 1550. The first-order valence-electron chi connectivity index (χ1n) is 19.0. The summed E-state index contributed by atoms with van der Waals surface area (Å²) in [5.41, 5.74) is 0.0772. The second-order valence-electron chi connectivity index (χ2n) is 16.0. The van der Waals surface area contributed by atoms with Crippen LogP contribution in [0.3, 0.4) is 0 Å². The predicted molar refractivity (Wildman–Crippen MR) is 200 cm³/mol. The van der Waals surface area contributed by atoms with Crippen LogP contribution >= 0.6 is 23.4 Å². The van der Waals surface area contributed by atoms with Crippen LogP contribution in [0.2, 0.25) is 0 Å². The summed E-state index contributed by atoms with van der Waals surface area (Å²) in [6, 6.07) is 0.338. The maximum atomic E-state index is 13.0. The highest BCUT2D eigenvalue weighted by Crippen LogP contribution is 2.68. The average molecular weight is 760 g/mol. The highest BCUT2D eigenvalue weighted by molar-refractivity contribution is 8.00. The summed E-state index contributed by atoms with van der Waals surface area (Å²) in [6.07, 6.45) is 12.5. The first-order valence-corrected chi connectivity index (χ1v) is 20.4. The number of thioether (sulfide) groups is 1. The molecule has 4 amide bonds. The van der Waals surface area contributed by atoms with E-state index in [2.05, 4.69) is 46.3 Å². The number of halogens is 1. The normalized spacial score (nSPS) is 36.6. The monoisotopic (exact) mass is 759 g/mol. The van der Waals surface area contributed by atoms with Gasteiger partial charge in [-0.2, -0.15) is 11.8 Å². The van der Waals surface area contributed by atoms with E-state index in [-0.39, 0.29) is 59.6 Å². The minimum Gasteiger partial charge on any atom is -0.451 e. The van der Waals surface area contributed by atoms with Crippen molar-refractivity contribution in [1.82, 2.24) is 21.3 Å². The van der Waals surface area contributed by atoms with Crippen molar-refractivity contribution in [1.29, 1.82) is 0 Å². The van der Waals surface area contributed by atoms with Gasteiger partial charge in [0.2, 0.25) is 5.91 Å². The van der Waals surface area contributed by atoms with Crippen LogP contribution in [0.15, 0.2) is 27.9 Å². The van der Waals surface area contributed by atoms with Crippen molar-refractivity contribution in [2.24, 2.45) is 33.7 Å². The molecule has 0 aromatic heterocycles. The number of ketones is 1. The van der Waals surface area contributed by atoms with Crippen LogP contribution < -0.4 is 21.3 Å². The Hall–Kier alpha value is -3.06. The van der Waals surface area contributed by atoms with E-state index in [1.165, 1.54) is 6.92 Å². The predicted octanol–water partition coefficient (Wildman–Crippen LogP) is 4.90. The molecule has 0 unspecified atom stereocenters. The zero-order valence-corrected chi connectivity index (χ0v) is 32.4. The number of urea groups is 1. The molecule has 4 fully saturated rings. The smallest absolute Gasteiger partial charge is 0.315 e. The number of hydrogen-bond acceptors (Lipinski definition) is 9. The third-order valence-corrected chi connectivity index (χ3v) is 14.9. The van der Waals surface area contributed by atoms with Crippen LogP contribution in [0.5, 0.6) is 0 Å². The van der Waals surface area contributed by atoms with Crippen molar-refractivity contribution < 1.29 is 33.5 Å². The number of Topliss-reactive ketones (excluding diaryl/α,β-unsaturated/α-hetero) is 1. The zero-order chi connectivity index (χ0) is 37.3. The molecule has 2 saturated carbocycles. The molecule has 2 heterocycles. The number of carbonyl (C=O) groups excluding carboxylic acids is 5. The van der Waals surface area contributed by atoms with Crippen molar-refractivity contribution in [3.05, 3.63) is 22.8 Å². The van der Waals surface area contributed by atoms with E-state index in [1.807, 2.05) is 17.8 Å². The standard InChI is InChI=1S/C38H54ClN5O7S/c1-22(45)38(51-23(2)46)15-12-27-25-19-29(39)28-18-24(10-13-36(28,3)26(25)11-14-37(27,38)4)44-50-20-33(48)41-17-7-16-40-32(47)9-6-5-8-31-34-30(21-52-31)42-35(49)43-34/h18-19,25-27,30-31,34H,5-17,20-21H2,1-4H3,(H,40,47)(H,41,48)(H2,42,43,49)/b44-24+/t25-,26+,27+,30+,31+,34+,36-,37+,38+/m1/s1. The third kappa shape index (κ3) is 7.50. The quantitative estimate of drug-likeness (QED) is 0.0841. The molecule has 2 aliphatic heterocycles. The van der Waals surface area contributed by atoms with Crippen molar-refractivity contribution in [2.45, 2.75) is 121 Å². The molecule has 14 heteroatoms. The molecular weight excluding hydrogens is 706 g/mol. The number of oxime groups is 1. The van der Waals surface area contributed by atoms with Gasteiger partial charge in [0.15, 0.2) is 18.0 Å². The van der Waals surface area contributed by atoms with Gasteiger partial charge < -0.3 is 30.8 Å². The summed E-state index contributed by atoms with van der Waals surface area (Å²) in [7, 11) is 0. The maximum Gasteiger partial charge on any atom is 0.315 e. The average Bonchev–Trinajstić information content (AvgIpc) is 3.74. The van der Waals surface area contributed by atoms with Crippen LogP contribution in [0, 0.1) is 28.6 Å². The Balaban J connectivity index is 0.913. The molecule has 52 heavy (non-hydrogen) atoms. The minimum absolute atomic E-state index is 0.00850. The topological polar surface area (TPSA) is 164 Å². The van der Waals surface area contributed by atoms with Gasteiger partial charge in [0.05, 0.1) is 17.8 Å². The summed E-state index contributed by atoms with van der Waals surface area (Å²) in [6.45, 7) is 8.04. The molecule has 0 aromatic rings. The molecule has 9 atom stereocenters. The van der Waals surface area contributed by atoms with E-state index in [0.29, 0.717) is 55.0 Å². The van der Waals surface area contributed by atoms with Crippen LogP contribution in [0.25, 0.3) is 0 Å². The van der Waals surface area contributed by atoms with E-state index >= 15 is 0 Å². The fraction of sp³-hybridized carbons (Fsp3) is 0.737. The van der Waals surface area contributed by atoms with Gasteiger partial charge in [0.25, 0.3) is 5.91 Å². The summed E-state index contributed by atoms with van der Waals surface area (Å²) in [5, 5.41) is 17.1. The molecule has 4 N–H and O–H groups in total. The number of nitrogens with one attached hydrogen (secondary N) is 4. The number of amides is 4. The zero-order valence-electron chi connectivity index (χ0n) is 30.8. The fourth-order valence-electron chi connectivity index (χ4n) is 10.3. The Morgan fingerprint density at radius 1 is 1.00 bits per heavy atom. The molecule has 0 aromatic carbocycles. The molecule has 0 spiro atoms. The number of nitrogens with zero attached hydrogens (tertiary/aromatic N) is 1. The Morgan fingerprint density at radius 2 is 1.75 bits per heavy atom. The lowest BCUT2D eigenvalue weighted by molar-refractivity contribution is -0.185. The van der Waals surface area contributed by atoms with Gasteiger partial charge in [-0.05, 0) is 99.5 Å². The Labute approximate surface area is 315 Å². The van der Waals surface area contributed by atoms with Crippen molar-refractivity contribution in [3.8, 4) is 0 Å². The third-order valence-electron chi connectivity index (χ3n) is 13.0. The first-order chi connectivity index (χ1) is 24.8. The lowest BCUT2D eigenvalue weighted by atomic mass is 9.48. The number of fused-ring (bicyclic) bond motifs is 6. The molecule has 286 valence electrons. The molecule has 12 nitrogen and oxygen atoms in total. The number of rotatable bonds is 14. The molecular formula is C38H54ClN5O7S. The number of hydrogen-bond donors (Lipinski definition) is 4. The number of esters is 1. The van der Waals surface area contributed by atoms with Gasteiger partial charge >= 0.3 is 12.0 Å². The molecule has 2 saturated heterocycles. The second kappa shape index (κ2) is 15.7. The molecule has 0 bridgehead atoms. The molecule has 4 aliphatic carbocycles. The van der Waals surface area contributed by atoms with E-state index in [0.717, 1.165) is 62.0 Å². The number of unbranched alkanes of at least 4 members (excludes halogenated alkanes) is 1. The Morgan fingerprint density at radius 3 is 2.50 bits per heavy atom. The SMILES string of the molecule is CC(=O)O[C@]1(C(C)=O)CC[C@H]2[C@@H]3C=C(Cl)C4=C/C(=N/OCC(=O)NCCCNC(=O)CCCC[C@@H]5SC[C@@H]6NC(=O)N[C@@H]65)CC[C@]4(C)[C@H]3CC[C@@]21C. The van der Waals surface area contributed by atoms with Crippen LogP contribution in [0.4, 0.5) is 4.79 Å². The lowest BCUT2D eigenvalue weighted by Crippen LogP contribution is -2.58. The van der Waals surface area contributed by atoms with Crippen LogP contribution in [0.1, 0.15) is 98.3 Å². The molecule has 6 rings (SSSR count). The largest absolute Gasteiger partial charge is 0.451 e. The first kappa shape index (κ1) is 38.7. The van der Waals surface area contributed by atoms with Gasteiger partial charge in [-0.3, -0.25) is 19.2 Å². The van der Waals surface area contributed by atoms with Crippen LogP contribution in [-0.2, 0) is 28.8 Å². The van der Waals surface area contributed by atoms with Crippen LogP contribution in [-0.4, -0.2) is 83.7 Å². The summed E-state index contributed by atoms with van der Waals surface area (Å²) >= 11 is 8.91.